The van der Waals surface area contributed by atoms with Crippen molar-refractivity contribution in [3.8, 4) is 11.3 Å². The molecule has 0 saturated carbocycles. The van der Waals surface area contributed by atoms with Crippen LogP contribution >= 0.6 is 0 Å². The van der Waals surface area contributed by atoms with Crippen LogP contribution in [0.25, 0.3) is 11.3 Å². The Balaban J connectivity index is 1.80. The number of nitrogens with zero attached hydrogens (tertiary/aromatic N) is 2. The number of carbonyl (C=O) groups is 1. The van der Waals surface area contributed by atoms with E-state index in [0.29, 0.717) is 19.5 Å². The van der Waals surface area contributed by atoms with Crippen LogP contribution in [0.2, 0.25) is 0 Å². The van der Waals surface area contributed by atoms with Crippen molar-refractivity contribution in [1.82, 2.24) is 26.0 Å². The number of H-pyrrole nitrogens is 1. The molecule has 0 radical (unpaired) electrons. The minimum atomic E-state index is 0.0767. The topological polar surface area (TPSA) is 82.7 Å². The lowest BCUT2D eigenvalue weighted by molar-refractivity contribution is -0.120. The van der Waals surface area contributed by atoms with Crippen molar-refractivity contribution in [3.05, 3.63) is 36.0 Å². The molecule has 0 spiro atoms. The molecular weight excluding hydrogens is 266 g/mol. The fourth-order valence-corrected chi connectivity index (χ4v) is 1.96. The highest BCUT2D eigenvalue weighted by atomic mass is 16.1. The summed E-state index contributed by atoms with van der Waals surface area (Å²) in [5, 5.41) is 17.1. The number of benzene rings is 1. The van der Waals surface area contributed by atoms with Gasteiger partial charge < -0.3 is 10.6 Å². The molecule has 1 heterocycles. The predicted molar refractivity (Wildman–Crippen MR) is 81.4 cm³/mol. The Morgan fingerprint density at radius 1 is 1.19 bits per heavy atom. The largest absolute Gasteiger partial charge is 0.356 e. The van der Waals surface area contributed by atoms with Crippen LogP contribution in [0.5, 0.6) is 0 Å². The summed E-state index contributed by atoms with van der Waals surface area (Å²) in [4.78, 5) is 11.5. The van der Waals surface area contributed by atoms with Crippen LogP contribution < -0.4 is 10.6 Å². The Kier molecular flexibility index (Phi) is 5.90. The number of nitrogens with one attached hydrogen (secondary N) is 3. The van der Waals surface area contributed by atoms with Crippen LogP contribution in [0.3, 0.4) is 0 Å². The normalized spacial score (nSPS) is 10.5. The van der Waals surface area contributed by atoms with Crippen molar-refractivity contribution in [2.24, 2.45) is 0 Å². The van der Waals surface area contributed by atoms with Gasteiger partial charge in [0.2, 0.25) is 5.91 Å². The lowest BCUT2D eigenvalue weighted by Gasteiger charge is -2.05. The van der Waals surface area contributed by atoms with E-state index >= 15 is 0 Å². The first-order valence-corrected chi connectivity index (χ1v) is 7.23. The average Bonchev–Trinajstić information content (AvgIpc) is 2.99. The van der Waals surface area contributed by atoms with E-state index in [9.17, 15) is 4.79 Å². The standard InChI is InChI=1S/C15H21N5O/c1-2-9-17-14(21)8-10-16-11-13-15(19-20-18-13)12-6-4-3-5-7-12/h3-7,16H,2,8-11H2,1H3,(H,17,21)(H,18,19,20). The van der Waals surface area contributed by atoms with Crippen molar-refractivity contribution < 1.29 is 4.79 Å². The van der Waals surface area contributed by atoms with Gasteiger partial charge in [-0.1, -0.05) is 37.3 Å². The summed E-state index contributed by atoms with van der Waals surface area (Å²) in [7, 11) is 0. The summed E-state index contributed by atoms with van der Waals surface area (Å²) in [5.41, 5.74) is 2.73. The highest BCUT2D eigenvalue weighted by Gasteiger charge is 2.09. The molecule has 1 aromatic heterocycles. The van der Waals surface area contributed by atoms with E-state index in [0.717, 1.165) is 29.9 Å². The van der Waals surface area contributed by atoms with Crippen LogP contribution in [0.4, 0.5) is 0 Å². The average molecular weight is 287 g/mol. The SMILES string of the molecule is CCCNC(=O)CCNCc1n[nH]nc1-c1ccccc1. The van der Waals surface area contributed by atoms with Crippen molar-refractivity contribution in [2.45, 2.75) is 26.3 Å². The molecule has 0 saturated heterocycles. The molecule has 1 aromatic carbocycles. The Morgan fingerprint density at radius 3 is 2.76 bits per heavy atom. The molecule has 2 rings (SSSR count). The van der Waals surface area contributed by atoms with Gasteiger partial charge in [-0.2, -0.15) is 15.4 Å². The maximum absolute atomic E-state index is 11.5. The van der Waals surface area contributed by atoms with E-state index in [2.05, 4.69) is 26.0 Å². The third-order valence-electron chi connectivity index (χ3n) is 3.06. The summed E-state index contributed by atoms with van der Waals surface area (Å²) < 4.78 is 0. The van der Waals surface area contributed by atoms with Gasteiger partial charge in [-0.05, 0) is 6.42 Å². The first kappa shape index (κ1) is 15.2. The van der Waals surface area contributed by atoms with Crippen molar-refractivity contribution in [2.75, 3.05) is 13.1 Å². The molecule has 0 unspecified atom stereocenters. The van der Waals surface area contributed by atoms with Gasteiger partial charge in [0, 0.05) is 31.6 Å². The van der Waals surface area contributed by atoms with Gasteiger partial charge in [0.1, 0.15) is 11.4 Å². The number of hydrogen-bond acceptors (Lipinski definition) is 4. The van der Waals surface area contributed by atoms with E-state index in [-0.39, 0.29) is 5.91 Å². The summed E-state index contributed by atoms with van der Waals surface area (Å²) in [6.07, 6.45) is 1.43. The molecular formula is C15H21N5O. The van der Waals surface area contributed by atoms with Gasteiger partial charge in [0.15, 0.2) is 0 Å². The zero-order valence-electron chi connectivity index (χ0n) is 12.2. The number of aromatic amines is 1. The Labute approximate surface area is 124 Å². The van der Waals surface area contributed by atoms with E-state index < -0.39 is 0 Å². The Morgan fingerprint density at radius 2 is 2.00 bits per heavy atom. The molecule has 0 fully saturated rings. The fourth-order valence-electron chi connectivity index (χ4n) is 1.96. The third-order valence-corrected chi connectivity index (χ3v) is 3.06. The van der Waals surface area contributed by atoms with Crippen LogP contribution in [0.1, 0.15) is 25.5 Å². The molecule has 112 valence electrons. The van der Waals surface area contributed by atoms with E-state index in [4.69, 9.17) is 0 Å². The van der Waals surface area contributed by atoms with Crippen molar-refractivity contribution >= 4 is 5.91 Å². The van der Waals surface area contributed by atoms with Gasteiger partial charge in [-0.25, -0.2) is 0 Å². The third kappa shape index (κ3) is 4.68. The van der Waals surface area contributed by atoms with Gasteiger partial charge in [0.05, 0.1) is 0 Å². The second-order valence-corrected chi connectivity index (χ2v) is 4.76. The van der Waals surface area contributed by atoms with E-state index in [1.165, 1.54) is 0 Å². The molecule has 0 aliphatic heterocycles. The Bertz CT molecular complexity index is 552. The minimum absolute atomic E-state index is 0.0767. The molecule has 2 aromatic rings. The van der Waals surface area contributed by atoms with Crippen molar-refractivity contribution in [3.63, 3.8) is 0 Å². The highest BCUT2D eigenvalue weighted by molar-refractivity contribution is 5.76. The van der Waals surface area contributed by atoms with Gasteiger partial charge in [-0.15, -0.1) is 0 Å². The summed E-state index contributed by atoms with van der Waals surface area (Å²) in [6, 6.07) is 9.91. The smallest absolute Gasteiger partial charge is 0.221 e. The lowest BCUT2D eigenvalue weighted by Crippen LogP contribution is -2.28. The maximum Gasteiger partial charge on any atom is 0.221 e. The summed E-state index contributed by atoms with van der Waals surface area (Å²) in [5.74, 6) is 0.0767. The molecule has 6 heteroatoms. The number of amides is 1. The van der Waals surface area contributed by atoms with E-state index in [1.54, 1.807) is 0 Å². The molecule has 0 aliphatic carbocycles. The Hall–Kier alpha value is -2.21. The van der Waals surface area contributed by atoms with E-state index in [1.807, 2.05) is 37.3 Å². The molecule has 1 amide bonds. The predicted octanol–water partition coefficient (Wildman–Crippen LogP) is 1.48. The molecule has 0 atom stereocenters. The lowest BCUT2D eigenvalue weighted by atomic mass is 10.1. The van der Waals surface area contributed by atoms with Crippen LogP contribution in [0, 0.1) is 0 Å². The quantitative estimate of drug-likeness (QED) is 0.642. The molecule has 6 nitrogen and oxygen atoms in total. The van der Waals surface area contributed by atoms with Crippen LogP contribution in [0.15, 0.2) is 30.3 Å². The zero-order valence-corrected chi connectivity index (χ0v) is 12.2. The van der Waals surface area contributed by atoms with Crippen LogP contribution in [-0.4, -0.2) is 34.4 Å². The molecule has 21 heavy (non-hydrogen) atoms. The van der Waals surface area contributed by atoms with Gasteiger partial charge in [-0.3, -0.25) is 4.79 Å². The minimum Gasteiger partial charge on any atom is -0.356 e. The maximum atomic E-state index is 11.5. The van der Waals surface area contributed by atoms with Crippen LogP contribution in [-0.2, 0) is 11.3 Å². The monoisotopic (exact) mass is 287 g/mol. The van der Waals surface area contributed by atoms with Crippen molar-refractivity contribution in [1.29, 1.82) is 0 Å². The molecule has 0 bridgehead atoms. The van der Waals surface area contributed by atoms with Gasteiger partial charge >= 0.3 is 0 Å². The number of aromatic nitrogens is 3. The number of carbonyl (C=O) groups excluding carboxylic acids is 1. The second kappa shape index (κ2) is 8.16. The van der Waals surface area contributed by atoms with Gasteiger partial charge in [0.25, 0.3) is 0 Å². The first-order valence-electron chi connectivity index (χ1n) is 7.23. The zero-order chi connectivity index (χ0) is 14.9. The number of rotatable bonds is 8. The highest BCUT2D eigenvalue weighted by Crippen LogP contribution is 2.18. The number of hydrogen-bond donors (Lipinski definition) is 3. The fraction of sp³-hybridized carbons (Fsp3) is 0.400. The molecule has 0 aliphatic rings. The second-order valence-electron chi connectivity index (χ2n) is 4.76. The summed E-state index contributed by atoms with van der Waals surface area (Å²) in [6.45, 7) is 3.98. The summed E-state index contributed by atoms with van der Waals surface area (Å²) >= 11 is 0. The molecule has 3 N–H and O–H groups in total. The first-order chi connectivity index (χ1) is 10.3.